The number of hydrogen-bond acceptors (Lipinski definition) is 3. The topological polar surface area (TPSA) is 51.2 Å². The van der Waals surface area contributed by atoms with Crippen molar-refractivity contribution in [2.45, 2.75) is 32.7 Å². The van der Waals surface area contributed by atoms with Crippen molar-refractivity contribution in [2.75, 3.05) is 0 Å². The highest BCUT2D eigenvalue weighted by molar-refractivity contribution is 5.31. The largest absolute Gasteiger partial charge is 0.469 e. The van der Waals surface area contributed by atoms with Crippen LogP contribution < -0.4 is 11.3 Å². The molecule has 0 aliphatic rings. The molecule has 1 atom stereocenters. The second-order valence-electron chi connectivity index (χ2n) is 4.68. The second-order valence-corrected chi connectivity index (χ2v) is 4.68. The van der Waals surface area contributed by atoms with Gasteiger partial charge in [0.1, 0.15) is 5.76 Å². The van der Waals surface area contributed by atoms with E-state index < -0.39 is 0 Å². The second kappa shape index (κ2) is 5.85. The maximum absolute atomic E-state index is 5.65. The molecule has 18 heavy (non-hydrogen) atoms. The van der Waals surface area contributed by atoms with Gasteiger partial charge in [-0.05, 0) is 49.1 Å². The molecular weight excluding hydrogens is 224 g/mol. The predicted octanol–water partition coefficient (Wildman–Crippen LogP) is 3.03. The Balaban J connectivity index is 2.05. The van der Waals surface area contributed by atoms with Gasteiger partial charge in [0.05, 0.1) is 6.26 Å². The van der Waals surface area contributed by atoms with E-state index in [9.17, 15) is 0 Å². The Labute approximate surface area is 108 Å². The fourth-order valence-corrected chi connectivity index (χ4v) is 2.07. The van der Waals surface area contributed by atoms with Crippen LogP contribution >= 0.6 is 0 Å². The Morgan fingerprint density at radius 3 is 2.67 bits per heavy atom. The fourth-order valence-electron chi connectivity index (χ4n) is 2.07. The Morgan fingerprint density at radius 2 is 2.06 bits per heavy atom. The maximum atomic E-state index is 5.65. The predicted molar refractivity (Wildman–Crippen MR) is 73.0 cm³/mol. The first-order valence-corrected chi connectivity index (χ1v) is 6.26. The van der Waals surface area contributed by atoms with E-state index in [0.717, 1.165) is 18.6 Å². The van der Waals surface area contributed by atoms with Crippen LogP contribution in [-0.4, -0.2) is 0 Å². The highest BCUT2D eigenvalue weighted by Crippen LogP contribution is 2.21. The molecule has 0 amide bonds. The molecule has 3 heteroatoms. The molecule has 0 saturated carbocycles. The molecule has 0 aliphatic carbocycles. The fraction of sp³-hybridized carbons (Fsp3) is 0.333. The van der Waals surface area contributed by atoms with E-state index in [1.807, 2.05) is 12.1 Å². The molecule has 0 bridgehead atoms. The highest BCUT2D eigenvalue weighted by Gasteiger charge is 2.11. The lowest BCUT2D eigenvalue weighted by Gasteiger charge is -2.17. The first-order chi connectivity index (χ1) is 8.70. The van der Waals surface area contributed by atoms with E-state index in [4.69, 9.17) is 10.3 Å². The molecule has 1 aromatic heterocycles. The molecule has 0 saturated heterocycles. The molecule has 2 aromatic rings. The van der Waals surface area contributed by atoms with Crippen molar-refractivity contribution in [2.24, 2.45) is 5.84 Å². The number of nitrogens with one attached hydrogen (secondary N) is 1. The minimum absolute atomic E-state index is 0.161. The highest BCUT2D eigenvalue weighted by atomic mass is 16.3. The van der Waals surface area contributed by atoms with Crippen molar-refractivity contribution in [3.63, 3.8) is 0 Å². The number of aryl methyl sites for hydroxylation is 3. The van der Waals surface area contributed by atoms with Crippen molar-refractivity contribution < 1.29 is 4.42 Å². The lowest BCUT2D eigenvalue weighted by molar-refractivity contribution is 0.458. The van der Waals surface area contributed by atoms with E-state index in [2.05, 4.69) is 37.5 Å². The van der Waals surface area contributed by atoms with Crippen LogP contribution in [0.4, 0.5) is 0 Å². The van der Waals surface area contributed by atoms with Crippen LogP contribution in [0.3, 0.4) is 0 Å². The third kappa shape index (κ3) is 3.00. The van der Waals surface area contributed by atoms with Crippen molar-refractivity contribution in [3.8, 4) is 0 Å². The lowest BCUT2D eigenvalue weighted by atomic mass is 9.98. The van der Waals surface area contributed by atoms with Gasteiger partial charge in [0, 0.05) is 12.5 Å². The van der Waals surface area contributed by atoms with Crippen LogP contribution in [-0.2, 0) is 6.42 Å². The Kier molecular flexibility index (Phi) is 4.18. The van der Waals surface area contributed by atoms with Gasteiger partial charge in [0.2, 0.25) is 0 Å². The third-order valence-electron chi connectivity index (χ3n) is 3.39. The normalized spacial score (nSPS) is 12.6. The van der Waals surface area contributed by atoms with Gasteiger partial charge in [0.15, 0.2) is 0 Å². The summed E-state index contributed by atoms with van der Waals surface area (Å²) >= 11 is 0. The summed E-state index contributed by atoms with van der Waals surface area (Å²) in [6, 6.07) is 10.5. The van der Waals surface area contributed by atoms with Crippen molar-refractivity contribution >= 4 is 0 Å². The number of hydrogen-bond donors (Lipinski definition) is 2. The van der Waals surface area contributed by atoms with Gasteiger partial charge in [-0.15, -0.1) is 0 Å². The van der Waals surface area contributed by atoms with Crippen molar-refractivity contribution in [3.05, 3.63) is 59.0 Å². The zero-order valence-corrected chi connectivity index (χ0v) is 10.9. The molecule has 2 rings (SSSR count). The summed E-state index contributed by atoms with van der Waals surface area (Å²) in [5, 5.41) is 0. The van der Waals surface area contributed by atoms with Crippen molar-refractivity contribution in [1.82, 2.24) is 5.43 Å². The van der Waals surface area contributed by atoms with Gasteiger partial charge >= 0.3 is 0 Å². The molecule has 1 heterocycles. The number of hydrazine groups is 1. The van der Waals surface area contributed by atoms with Gasteiger partial charge in [0.25, 0.3) is 0 Å². The molecule has 3 N–H and O–H groups in total. The van der Waals surface area contributed by atoms with Crippen molar-refractivity contribution in [1.29, 1.82) is 0 Å². The summed E-state index contributed by atoms with van der Waals surface area (Å²) in [5.41, 5.74) is 6.72. The lowest BCUT2D eigenvalue weighted by Crippen LogP contribution is -2.28. The number of nitrogens with two attached hydrogens (primary N) is 1. The summed E-state index contributed by atoms with van der Waals surface area (Å²) in [7, 11) is 0. The van der Waals surface area contributed by atoms with Gasteiger partial charge < -0.3 is 4.42 Å². The van der Waals surface area contributed by atoms with Gasteiger partial charge in [-0.2, -0.15) is 0 Å². The maximum Gasteiger partial charge on any atom is 0.103 e. The van der Waals surface area contributed by atoms with Crippen LogP contribution in [0.15, 0.2) is 41.0 Å². The van der Waals surface area contributed by atoms with E-state index in [1.165, 1.54) is 16.7 Å². The molecular formula is C15H20N2O. The molecule has 0 radical (unpaired) electrons. The summed E-state index contributed by atoms with van der Waals surface area (Å²) in [6.45, 7) is 4.24. The molecule has 0 aliphatic heterocycles. The van der Waals surface area contributed by atoms with E-state index in [0.29, 0.717) is 0 Å². The molecule has 1 unspecified atom stereocenters. The van der Waals surface area contributed by atoms with E-state index >= 15 is 0 Å². The SMILES string of the molecule is Cc1ccc(C(CCc2ccco2)NN)cc1C. The molecule has 0 spiro atoms. The number of rotatable bonds is 5. The minimum atomic E-state index is 0.161. The average molecular weight is 244 g/mol. The van der Waals surface area contributed by atoms with Crippen LogP contribution in [0.1, 0.15) is 34.9 Å². The third-order valence-corrected chi connectivity index (χ3v) is 3.39. The van der Waals surface area contributed by atoms with Crippen LogP contribution in [0.25, 0.3) is 0 Å². The van der Waals surface area contributed by atoms with Crippen LogP contribution in [0, 0.1) is 13.8 Å². The molecule has 96 valence electrons. The molecule has 0 fully saturated rings. The summed E-state index contributed by atoms with van der Waals surface area (Å²) in [6.07, 6.45) is 3.51. The first kappa shape index (κ1) is 12.9. The van der Waals surface area contributed by atoms with Gasteiger partial charge in [-0.1, -0.05) is 18.2 Å². The Hall–Kier alpha value is -1.58. The average Bonchev–Trinajstić information content (AvgIpc) is 2.87. The number of furan rings is 1. The van der Waals surface area contributed by atoms with E-state index in [1.54, 1.807) is 6.26 Å². The first-order valence-electron chi connectivity index (χ1n) is 6.26. The zero-order chi connectivity index (χ0) is 13.0. The smallest absolute Gasteiger partial charge is 0.103 e. The van der Waals surface area contributed by atoms with Gasteiger partial charge in [-0.3, -0.25) is 11.3 Å². The zero-order valence-electron chi connectivity index (χ0n) is 10.9. The van der Waals surface area contributed by atoms with E-state index in [-0.39, 0.29) is 6.04 Å². The monoisotopic (exact) mass is 244 g/mol. The Bertz CT molecular complexity index is 491. The van der Waals surface area contributed by atoms with Crippen LogP contribution in [0.5, 0.6) is 0 Å². The summed E-state index contributed by atoms with van der Waals surface area (Å²) in [4.78, 5) is 0. The Morgan fingerprint density at radius 1 is 1.22 bits per heavy atom. The summed E-state index contributed by atoms with van der Waals surface area (Å²) in [5.74, 6) is 6.65. The van der Waals surface area contributed by atoms with Crippen LogP contribution in [0.2, 0.25) is 0 Å². The standard InChI is InChI=1S/C15H20N2O/c1-11-5-6-13(10-12(11)2)15(17-16)8-7-14-4-3-9-18-14/h3-6,9-10,15,17H,7-8,16H2,1-2H3. The molecule has 1 aromatic carbocycles. The molecule has 3 nitrogen and oxygen atoms in total. The number of benzene rings is 1. The quantitative estimate of drug-likeness (QED) is 0.628. The summed E-state index contributed by atoms with van der Waals surface area (Å²) < 4.78 is 5.34. The van der Waals surface area contributed by atoms with Gasteiger partial charge in [-0.25, -0.2) is 0 Å². The minimum Gasteiger partial charge on any atom is -0.469 e.